The van der Waals surface area contributed by atoms with E-state index in [9.17, 15) is 8.42 Å². The SMILES string of the molecule is CC(C)NCCNS(=O)(=O)c1ccc(Br)cc1. The number of rotatable bonds is 6. The lowest BCUT2D eigenvalue weighted by molar-refractivity contribution is 0.559. The molecule has 17 heavy (non-hydrogen) atoms. The number of nitrogens with one attached hydrogen (secondary N) is 2. The van der Waals surface area contributed by atoms with E-state index in [1.807, 2.05) is 13.8 Å². The van der Waals surface area contributed by atoms with Crippen LogP contribution in [0.5, 0.6) is 0 Å². The van der Waals surface area contributed by atoms with Gasteiger partial charge in [0, 0.05) is 23.6 Å². The van der Waals surface area contributed by atoms with E-state index in [-0.39, 0.29) is 4.90 Å². The van der Waals surface area contributed by atoms with Crippen molar-refractivity contribution in [3.63, 3.8) is 0 Å². The first-order valence-corrected chi connectivity index (χ1v) is 7.68. The van der Waals surface area contributed by atoms with Gasteiger partial charge in [-0.1, -0.05) is 29.8 Å². The Bertz CT molecular complexity index is 443. The highest BCUT2D eigenvalue weighted by Gasteiger charge is 2.12. The summed E-state index contributed by atoms with van der Waals surface area (Å²) in [6, 6.07) is 6.92. The minimum atomic E-state index is -3.39. The minimum Gasteiger partial charge on any atom is -0.313 e. The molecule has 0 atom stereocenters. The van der Waals surface area contributed by atoms with Gasteiger partial charge in [-0.05, 0) is 24.3 Å². The summed E-state index contributed by atoms with van der Waals surface area (Å²) in [4.78, 5) is 0.283. The molecule has 0 saturated heterocycles. The predicted octanol–water partition coefficient (Wildman–Crippen LogP) is 1.73. The van der Waals surface area contributed by atoms with Gasteiger partial charge in [0.25, 0.3) is 0 Å². The van der Waals surface area contributed by atoms with Gasteiger partial charge >= 0.3 is 0 Å². The molecule has 6 heteroatoms. The smallest absolute Gasteiger partial charge is 0.240 e. The van der Waals surface area contributed by atoms with E-state index in [1.165, 1.54) is 0 Å². The van der Waals surface area contributed by atoms with Gasteiger partial charge in [0.05, 0.1) is 4.90 Å². The number of benzene rings is 1. The van der Waals surface area contributed by atoms with Gasteiger partial charge in [0.2, 0.25) is 10.0 Å². The first-order chi connectivity index (χ1) is 7.92. The number of hydrogen-bond donors (Lipinski definition) is 2. The summed E-state index contributed by atoms with van der Waals surface area (Å²) in [5, 5.41) is 3.14. The lowest BCUT2D eigenvalue weighted by Gasteiger charge is -2.09. The van der Waals surface area contributed by atoms with Crippen molar-refractivity contribution in [3.05, 3.63) is 28.7 Å². The maximum absolute atomic E-state index is 11.8. The normalized spacial score (nSPS) is 12.0. The molecule has 0 radical (unpaired) electrons. The molecule has 0 unspecified atom stereocenters. The first-order valence-electron chi connectivity index (χ1n) is 5.40. The van der Waals surface area contributed by atoms with Gasteiger partial charge in [-0.15, -0.1) is 0 Å². The van der Waals surface area contributed by atoms with Crippen LogP contribution in [-0.2, 0) is 10.0 Å². The lowest BCUT2D eigenvalue weighted by atomic mass is 10.4. The van der Waals surface area contributed by atoms with E-state index >= 15 is 0 Å². The third-order valence-corrected chi connectivity index (χ3v) is 4.10. The fourth-order valence-electron chi connectivity index (χ4n) is 1.24. The molecule has 96 valence electrons. The quantitative estimate of drug-likeness (QED) is 0.785. The molecule has 0 saturated carbocycles. The molecule has 0 aliphatic carbocycles. The summed E-state index contributed by atoms with van der Waals surface area (Å²) in [5.74, 6) is 0. The Hall–Kier alpha value is -0.430. The van der Waals surface area contributed by atoms with Crippen molar-refractivity contribution in [1.29, 1.82) is 0 Å². The Balaban J connectivity index is 2.54. The molecule has 0 bridgehead atoms. The summed E-state index contributed by atoms with van der Waals surface area (Å²) in [7, 11) is -3.39. The molecule has 0 aliphatic rings. The molecule has 1 aromatic rings. The first kappa shape index (κ1) is 14.6. The van der Waals surface area contributed by atoms with Crippen molar-refractivity contribution in [1.82, 2.24) is 10.0 Å². The molecule has 0 aromatic heterocycles. The van der Waals surface area contributed by atoms with Gasteiger partial charge in [0.1, 0.15) is 0 Å². The van der Waals surface area contributed by atoms with Crippen LogP contribution >= 0.6 is 15.9 Å². The maximum atomic E-state index is 11.8. The third kappa shape index (κ3) is 5.16. The molecule has 1 rings (SSSR count). The molecule has 0 amide bonds. The van der Waals surface area contributed by atoms with E-state index in [2.05, 4.69) is 26.0 Å². The Morgan fingerprint density at radius 3 is 2.29 bits per heavy atom. The Morgan fingerprint density at radius 1 is 1.18 bits per heavy atom. The second-order valence-corrected chi connectivity index (χ2v) is 6.64. The van der Waals surface area contributed by atoms with Gasteiger partial charge in [-0.2, -0.15) is 0 Å². The van der Waals surface area contributed by atoms with Crippen LogP contribution in [0.1, 0.15) is 13.8 Å². The monoisotopic (exact) mass is 320 g/mol. The Labute approximate surface area is 111 Å². The Morgan fingerprint density at radius 2 is 1.76 bits per heavy atom. The maximum Gasteiger partial charge on any atom is 0.240 e. The highest BCUT2D eigenvalue weighted by Crippen LogP contribution is 2.14. The van der Waals surface area contributed by atoms with Crippen LogP contribution in [0.4, 0.5) is 0 Å². The van der Waals surface area contributed by atoms with E-state index < -0.39 is 10.0 Å². The van der Waals surface area contributed by atoms with Crippen LogP contribution in [0, 0.1) is 0 Å². The molecular weight excluding hydrogens is 304 g/mol. The zero-order valence-corrected chi connectivity index (χ0v) is 12.3. The number of sulfonamides is 1. The van der Waals surface area contributed by atoms with Gasteiger partial charge in [-0.25, -0.2) is 13.1 Å². The van der Waals surface area contributed by atoms with Gasteiger partial charge < -0.3 is 5.32 Å². The zero-order chi connectivity index (χ0) is 12.9. The van der Waals surface area contributed by atoms with Gasteiger partial charge in [-0.3, -0.25) is 0 Å². The highest BCUT2D eigenvalue weighted by atomic mass is 79.9. The van der Waals surface area contributed by atoms with E-state index in [1.54, 1.807) is 24.3 Å². The third-order valence-electron chi connectivity index (χ3n) is 2.09. The summed E-state index contributed by atoms with van der Waals surface area (Å²) < 4.78 is 27.1. The van der Waals surface area contributed by atoms with Crippen molar-refractivity contribution in [2.45, 2.75) is 24.8 Å². The topological polar surface area (TPSA) is 58.2 Å². The second kappa shape index (κ2) is 6.49. The minimum absolute atomic E-state index is 0.283. The summed E-state index contributed by atoms with van der Waals surface area (Å²) >= 11 is 3.27. The van der Waals surface area contributed by atoms with Crippen molar-refractivity contribution in [3.8, 4) is 0 Å². The van der Waals surface area contributed by atoms with Crippen molar-refractivity contribution in [2.24, 2.45) is 0 Å². The second-order valence-electron chi connectivity index (χ2n) is 3.96. The molecule has 0 spiro atoms. The Kier molecular flexibility index (Phi) is 5.58. The average Bonchev–Trinajstić information content (AvgIpc) is 2.25. The zero-order valence-electron chi connectivity index (χ0n) is 9.90. The molecule has 0 aliphatic heterocycles. The largest absolute Gasteiger partial charge is 0.313 e. The molecule has 0 heterocycles. The van der Waals surface area contributed by atoms with Crippen LogP contribution in [0.2, 0.25) is 0 Å². The van der Waals surface area contributed by atoms with Crippen LogP contribution in [-0.4, -0.2) is 27.5 Å². The fraction of sp³-hybridized carbons (Fsp3) is 0.455. The van der Waals surface area contributed by atoms with E-state index in [0.717, 1.165) is 4.47 Å². The standard InChI is InChI=1S/C11H17BrN2O2S/c1-9(2)13-7-8-14-17(15,16)11-5-3-10(12)4-6-11/h3-6,9,13-14H,7-8H2,1-2H3. The average molecular weight is 321 g/mol. The summed E-state index contributed by atoms with van der Waals surface area (Å²) in [6.07, 6.45) is 0. The van der Waals surface area contributed by atoms with E-state index in [0.29, 0.717) is 19.1 Å². The van der Waals surface area contributed by atoms with Crippen molar-refractivity contribution in [2.75, 3.05) is 13.1 Å². The van der Waals surface area contributed by atoms with Crippen LogP contribution in [0.25, 0.3) is 0 Å². The van der Waals surface area contributed by atoms with Crippen molar-refractivity contribution >= 4 is 26.0 Å². The molecule has 1 aromatic carbocycles. The summed E-state index contributed by atoms with van der Waals surface area (Å²) in [6.45, 7) is 5.04. The number of hydrogen-bond acceptors (Lipinski definition) is 3. The molecule has 4 nitrogen and oxygen atoms in total. The molecular formula is C11H17BrN2O2S. The van der Waals surface area contributed by atoms with Gasteiger partial charge in [0.15, 0.2) is 0 Å². The fourth-order valence-corrected chi connectivity index (χ4v) is 2.54. The van der Waals surface area contributed by atoms with Crippen LogP contribution < -0.4 is 10.0 Å². The number of halogens is 1. The molecule has 0 fully saturated rings. The van der Waals surface area contributed by atoms with Crippen molar-refractivity contribution < 1.29 is 8.42 Å². The summed E-state index contributed by atoms with van der Waals surface area (Å²) in [5.41, 5.74) is 0. The highest BCUT2D eigenvalue weighted by molar-refractivity contribution is 9.10. The predicted molar refractivity (Wildman–Crippen MR) is 72.5 cm³/mol. The lowest BCUT2D eigenvalue weighted by Crippen LogP contribution is -2.34. The van der Waals surface area contributed by atoms with Crippen LogP contribution in [0.3, 0.4) is 0 Å². The molecule has 2 N–H and O–H groups in total. The van der Waals surface area contributed by atoms with E-state index in [4.69, 9.17) is 0 Å². The van der Waals surface area contributed by atoms with Crippen LogP contribution in [0.15, 0.2) is 33.6 Å².